The summed E-state index contributed by atoms with van der Waals surface area (Å²) in [7, 11) is 0. The first kappa shape index (κ1) is 25.6. The van der Waals surface area contributed by atoms with Gasteiger partial charge in [-0.3, -0.25) is 0 Å². The van der Waals surface area contributed by atoms with E-state index < -0.39 is 17.2 Å². The summed E-state index contributed by atoms with van der Waals surface area (Å²) in [5, 5.41) is 20.0. The summed E-state index contributed by atoms with van der Waals surface area (Å²) in [5.74, 6) is 0.688. The quantitative estimate of drug-likeness (QED) is 0.398. The number of nitrogens with zero attached hydrogens (tertiary/aromatic N) is 1. The van der Waals surface area contributed by atoms with Gasteiger partial charge in [0, 0.05) is 16.0 Å². The Labute approximate surface area is 205 Å². The zero-order chi connectivity index (χ0) is 24.0. The van der Waals surface area contributed by atoms with Gasteiger partial charge in [-0.2, -0.15) is 5.26 Å². The molecule has 4 atom stereocenters. The molecule has 176 valence electrons. The Morgan fingerprint density at radius 3 is 2.67 bits per heavy atom. The molecule has 0 aromatic heterocycles. The van der Waals surface area contributed by atoms with Crippen molar-refractivity contribution >= 4 is 27.0 Å². The van der Waals surface area contributed by atoms with Crippen LogP contribution in [-0.2, 0) is 22.4 Å². The van der Waals surface area contributed by atoms with Gasteiger partial charge in [0.1, 0.15) is 5.75 Å². The summed E-state index contributed by atoms with van der Waals surface area (Å²) >= 11 is 1.50. The lowest BCUT2D eigenvalue weighted by Crippen LogP contribution is -2.23. The summed E-state index contributed by atoms with van der Waals surface area (Å²) in [5.41, 5.74) is 2.28. The number of halogens is 1. The van der Waals surface area contributed by atoms with Crippen LogP contribution < -0.4 is 4.74 Å². The van der Waals surface area contributed by atoms with E-state index >= 15 is 0 Å². The van der Waals surface area contributed by atoms with Crippen molar-refractivity contribution in [2.75, 3.05) is 13.2 Å². The number of benzene rings is 2. The third-order valence-electron chi connectivity index (χ3n) is 5.76. The number of nitriles is 1. The molecule has 0 aliphatic heterocycles. The molecule has 2 unspecified atom stereocenters. The topological polar surface area (TPSA) is 99.8 Å². The lowest BCUT2D eigenvalue weighted by atomic mass is 9.93. The fourth-order valence-corrected chi connectivity index (χ4v) is 5.13. The molecule has 33 heavy (non-hydrogen) atoms. The van der Waals surface area contributed by atoms with Crippen LogP contribution in [-0.4, -0.2) is 27.1 Å². The molecule has 0 heterocycles. The predicted octanol–water partition coefficient (Wildman–Crippen LogP) is 5.36. The average molecular weight is 534 g/mol. The number of rotatable bonds is 10. The predicted molar refractivity (Wildman–Crippen MR) is 130 cm³/mol. The lowest BCUT2D eigenvalue weighted by Gasteiger charge is -2.22. The molecular formula is C25H28BrNO5S. The van der Waals surface area contributed by atoms with Gasteiger partial charge >= 0.3 is 0 Å². The second kappa shape index (κ2) is 11.9. The highest BCUT2D eigenvalue weighted by molar-refractivity contribution is 9.11. The zero-order valence-electron chi connectivity index (χ0n) is 18.6. The third-order valence-corrected chi connectivity index (χ3v) is 7.16. The minimum atomic E-state index is -2.03. The van der Waals surface area contributed by atoms with E-state index in [1.54, 1.807) is 18.2 Å². The van der Waals surface area contributed by atoms with E-state index in [1.807, 2.05) is 44.2 Å². The number of hydrogen-bond donors (Lipinski definition) is 2. The average Bonchev–Trinajstić information content (AvgIpc) is 3.11. The summed E-state index contributed by atoms with van der Waals surface area (Å²) in [6.07, 6.45) is 0.121. The molecule has 0 spiro atoms. The Bertz CT molecular complexity index is 1060. The highest BCUT2D eigenvalue weighted by Gasteiger charge is 2.35. The maximum atomic E-state index is 11.3. The van der Waals surface area contributed by atoms with Gasteiger partial charge in [-0.25, -0.2) is 4.21 Å². The molecule has 0 saturated heterocycles. The van der Waals surface area contributed by atoms with Crippen LogP contribution in [0, 0.1) is 29.1 Å². The van der Waals surface area contributed by atoms with Crippen molar-refractivity contribution in [2.45, 2.75) is 37.9 Å². The molecule has 0 bridgehead atoms. The standard InChI is InChI=1S/C25H28BrNO5S/c1-16(2)25(28)18-6-4-7-20(10-18)32-15-23-19(11-24(26)22(23)12-27)14-31-13-17-5-3-8-21(9-17)33(29)30/h3-10,16,19,23,25,28H,11,13-15H2,1-2H3,(H,29,30)/t19-,23-,25?/m1/s1. The van der Waals surface area contributed by atoms with Crippen LogP contribution in [0.25, 0.3) is 0 Å². The molecule has 1 aliphatic rings. The monoisotopic (exact) mass is 533 g/mol. The SMILES string of the molecule is CC(C)C(O)c1cccc(OC[C@H]2C(C#N)=C(Br)C[C@@H]2COCc2cccc(S(=O)O)c2)c1. The first-order chi connectivity index (χ1) is 15.8. The Balaban J connectivity index is 1.63. The van der Waals surface area contributed by atoms with Gasteiger partial charge in [-0.05, 0) is 53.6 Å². The largest absolute Gasteiger partial charge is 0.493 e. The van der Waals surface area contributed by atoms with Gasteiger partial charge in [0.25, 0.3) is 0 Å². The molecule has 6 nitrogen and oxygen atoms in total. The first-order valence-electron chi connectivity index (χ1n) is 10.8. The molecule has 1 aliphatic carbocycles. The Hall–Kier alpha value is -2.02. The van der Waals surface area contributed by atoms with Crippen molar-refractivity contribution in [3.05, 3.63) is 69.7 Å². The van der Waals surface area contributed by atoms with Gasteiger partial charge in [0.15, 0.2) is 11.1 Å². The first-order valence-corrected chi connectivity index (χ1v) is 12.7. The molecule has 0 amide bonds. The Kier molecular flexibility index (Phi) is 9.24. The van der Waals surface area contributed by atoms with Crippen molar-refractivity contribution in [3.8, 4) is 11.8 Å². The molecule has 2 aromatic rings. The molecular weight excluding hydrogens is 506 g/mol. The summed E-state index contributed by atoms with van der Waals surface area (Å²) in [6, 6.07) is 16.5. The highest BCUT2D eigenvalue weighted by atomic mass is 79.9. The van der Waals surface area contributed by atoms with Crippen LogP contribution in [0.3, 0.4) is 0 Å². The Morgan fingerprint density at radius 2 is 1.97 bits per heavy atom. The van der Waals surface area contributed by atoms with Crippen molar-refractivity contribution in [2.24, 2.45) is 17.8 Å². The smallest absolute Gasteiger partial charge is 0.186 e. The van der Waals surface area contributed by atoms with E-state index in [9.17, 15) is 19.1 Å². The molecule has 8 heteroatoms. The Morgan fingerprint density at radius 1 is 1.21 bits per heavy atom. The van der Waals surface area contributed by atoms with Gasteiger partial charge in [-0.15, -0.1) is 0 Å². The molecule has 2 aromatic carbocycles. The van der Waals surface area contributed by atoms with Crippen LogP contribution in [0.4, 0.5) is 0 Å². The van der Waals surface area contributed by atoms with Crippen molar-refractivity contribution in [1.82, 2.24) is 0 Å². The number of ether oxygens (including phenoxy) is 2. The van der Waals surface area contributed by atoms with Crippen molar-refractivity contribution in [1.29, 1.82) is 5.26 Å². The van der Waals surface area contributed by atoms with Crippen LogP contribution in [0.5, 0.6) is 5.75 Å². The maximum absolute atomic E-state index is 11.3. The van der Waals surface area contributed by atoms with Crippen molar-refractivity contribution < 1.29 is 23.3 Å². The van der Waals surface area contributed by atoms with E-state index in [0.29, 0.717) is 42.5 Å². The second-order valence-electron chi connectivity index (χ2n) is 8.49. The molecule has 0 radical (unpaired) electrons. The van der Waals surface area contributed by atoms with Crippen LogP contribution in [0.15, 0.2) is 63.5 Å². The third kappa shape index (κ3) is 6.75. The molecule has 2 N–H and O–H groups in total. The van der Waals surface area contributed by atoms with E-state index in [1.165, 1.54) is 0 Å². The maximum Gasteiger partial charge on any atom is 0.186 e. The number of hydrogen-bond acceptors (Lipinski definition) is 5. The normalized spacial score (nSPS) is 20.0. The second-order valence-corrected chi connectivity index (χ2v) is 10.4. The minimum Gasteiger partial charge on any atom is -0.493 e. The number of aliphatic hydroxyl groups excluding tert-OH is 1. The van der Waals surface area contributed by atoms with Gasteiger partial charge in [-0.1, -0.05) is 54.0 Å². The van der Waals surface area contributed by atoms with Crippen LogP contribution in [0.1, 0.15) is 37.5 Å². The highest BCUT2D eigenvalue weighted by Crippen LogP contribution is 2.40. The summed E-state index contributed by atoms with van der Waals surface area (Å²) in [4.78, 5) is 0.337. The summed E-state index contributed by atoms with van der Waals surface area (Å²) in [6.45, 7) is 4.98. The number of allylic oxidation sites excluding steroid dienone is 1. The summed E-state index contributed by atoms with van der Waals surface area (Å²) < 4.78 is 33.3. The molecule has 0 saturated carbocycles. The van der Waals surface area contributed by atoms with Gasteiger partial charge in [0.05, 0.1) is 36.9 Å². The minimum absolute atomic E-state index is 0.0635. The molecule has 0 fully saturated rings. The van der Waals surface area contributed by atoms with Gasteiger partial charge in [0.2, 0.25) is 0 Å². The van der Waals surface area contributed by atoms with E-state index in [2.05, 4.69) is 22.0 Å². The van der Waals surface area contributed by atoms with Crippen LogP contribution >= 0.6 is 15.9 Å². The fraction of sp³-hybridized carbons (Fsp3) is 0.400. The lowest BCUT2D eigenvalue weighted by molar-refractivity contribution is 0.0674. The number of aliphatic hydroxyl groups is 1. The van der Waals surface area contributed by atoms with E-state index in [0.717, 1.165) is 15.6 Å². The van der Waals surface area contributed by atoms with E-state index in [4.69, 9.17) is 9.47 Å². The molecule has 3 rings (SSSR count). The van der Waals surface area contributed by atoms with Crippen molar-refractivity contribution in [3.63, 3.8) is 0 Å². The van der Waals surface area contributed by atoms with Gasteiger partial charge < -0.3 is 19.1 Å². The van der Waals surface area contributed by atoms with E-state index in [-0.39, 0.29) is 17.8 Å². The van der Waals surface area contributed by atoms with Crippen LogP contribution in [0.2, 0.25) is 0 Å². The fourth-order valence-electron chi connectivity index (χ4n) is 3.89. The zero-order valence-corrected chi connectivity index (χ0v) is 21.0.